The summed E-state index contributed by atoms with van der Waals surface area (Å²) in [4.78, 5) is 2.38. The molecule has 7 heteroatoms. The van der Waals surface area contributed by atoms with Crippen LogP contribution in [0.15, 0.2) is 30.3 Å². The number of rotatable bonds is 12. The summed E-state index contributed by atoms with van der Waals surface area (Å²) in [6, 6.07) is 9.30. The van der Waals surface area contributed by atoms with Crippen LogP contribution in [0.2, 0.25) is 15.1 Å². The quantitative estimate of drug-likeness (QED) is 0.391. The van der Waals surface area contributed by atoms with Gasteiger partial charge in [-0.2, -0.15) is 0 Å². The summed E-state index contributed by atoms with van der Waals surface area (Å²) in [6.45, 7) is 11.9. The van der Waals surface area contributed by atoms with Crippen LogP contribution < -0.4 is 14.8 Å². The maximum Gasteiger partial charge on any atom is 0.180 e. The van der Waals surface area contributed by atoms with Crippen molar-refractivity contribution in [1.82, 2.24) is 10.2 Å². The Balaban J connectivity index is 2.03. The minimum absolute atomic E-state index is 0.318. The van der Waals surface area contributed by atoms with E-state index >= 15 is 0 Å². The predicted octanol–water partition coefficient (Wildman–Crippen LogP) is 6.06. The first-order valence-electron chi connectivity index (χ1n) is 9.93. The molecule has 0 fully saturated rings. The zero-order valence-electron chi connectivity index (χ0n) is 17.2. The lowest BCUT2D eigenvalue weighted by Gasteiger charge is -2.18. The van der Waals surface area contributed by atoms with Crippen molar-refractivity contribution in [3.8, 4) is 11.5 Å². The van der Waals surface area contributed by atoms with E-state index in [2.05, 4.69) is 24.1 Å². The van der Waals surface area contributed by atoms with Crippen LogP contribution in [-0.2, 0) is 13.2 Å². The molecule has 0 amide bonds. The average Bonchev–Trinajstić information content (AvgIpc) is 2.70. The fraction of sp³-hybridized carbons (Fsp3) is 0.455. The van der Waals surface area contributed by atoms with Crippen LogP contribution in [0, 0.1) is 0 Å². The van der Waals surface area contributed by atoms with Gasteiger partial charge >= 0.3 is 0 Å². The van der Waals surface area contributed by atoms with E-state index in [4.69, 9.17) is 44.3 Å². The number of halogens is 3. The van der Waals surface area contributed by atoms with Crippen LogP contribution >= 0.6 is 34.8 Å². The van der Waals surface area contributed by atoms with E-state index in [-0.39, 0.29) is 0 Å². The lowest BCUT2D eigenvalue weighted by Crippen LogP contribution is -2.31. The van der Waals surface area contributed by atoms with Gasteiger partial charge in [-0.3, -0.25) is 0 Å². The molecule has 0 saturated heterocycles. The Morgan fingerprint density at radius 1 is 0.862 bits per heavy atom. The molecule has 0 aromatic heterocycles. The minimum atomic E-state index is 0.318. The summed E-state index contributed by atoms with van der Waals surface area (Å²) in [6.07, 6.45) is 0. The molecular formula is C22H29Cl3N2O2. The molecule has 0 bridgehead atoms. The van der Waals surface area contributed by atoms with Gasteiger partial charge in [0.25, 0.3) is 0 Å². The van der Waals surface area contributed by atoms with Gasteiger partial charge in [-0.15, -0.1) is 0 Å². The smallest absolute Gasteiger partial charge is 0.180 e. The molecule has 0 atom stereocenters. The molecule has 29 heavy (non-hydrogen) atoms. The van der Waals surface area contributed by atoms with Crippen molar-refractivity contribution in [2.45, 2.75) is 33.9 Å². The topological polar surface area (TPSA) is 33.7 Å². The van der Waals surface area contributed by atoms with Gasteiger partial charge in [0, 0.05) is 19.6 Å². The lowest BCUT2D eigenvalue weighted by atomic mass is 10.2. The molecule has 0 spiro atoms. The van der Waals surface area contributed by atoms with Gasteiger partial charge in [0.1, 0.15) is 6.61 Å². The summed E-state index contributed by atoms with van der Waals surface area (Å²) in [7, 11) is 0. The Bertz CT molecular complexity index is 783. The molecule has 2 aromatic rings. The Morgan fingerprint density at radius 3 is 2.24 bits per heavy atom. The van der Waals surface area contributed by atoms with Crippen LogP contribution in [0.4, 0.5) is 0 Å². The maximum atomic E-state index is 6.51. The molecule has 4 nitrogen and oxygen atoms in total. The average molecular weight is 460 g/mol. The standard InChI is InChI=1S/C22H29Cl3N2O2/c1-4-27(5-2)10-9-26-14-17-12-20(25)22(21(13-17)28-6-3)29-15-16-7-8-18(23)19(24)11-16/h7-8,11-13,26H,4-6,9-10,14-15H2,1-3H3. The molecule has 2 aromatic carbocycles. The number of ether oxygens (including phenoxy) is 2. The zero-order valence-corrected chi connectivity index (χ0v) is 19.5. The molecule has 0 aliphatic rings. The van der Waals surface area contributed by atoms with Gasteiger partial charge in [-0.1, -0.05) is 54.7 Å². The number of benzene rings is 2. The lowest BCUT2D eigenvalue weighted by molar-refractivity contribution is 0.269. The molecule has 2 rings (SSSR count). The van der Waals surface area contributed by atoms with Crippen LogP contribution in [0.1, 0.15) is 31.9 Å². The van der Waals surface area contributed by atoms with E-state index in [0.29, 0.717) is 46.3 Å². The normalized spacial score (nSPS) is 11.1. The number of likely N-dealkylation sites (N-methyl/N-ethyl adjacent to an activating group) is 1. The van der Waals surface area contributed by atoms with Crippen molar-refractivity contribution < 1.29 is 9.47 Å². The molecule has 0 saturated carbocycles. The Labute approximate surface area is 189 Å². The SMILES string of the molecule is CCOc1cc(CNCCN(CC)CC)cc(Cl)c1OCc1ccc(Cl)c(Cl)c1. The summed E-state index contributed by atoms with van der Waals surface area (Å²) in [5.41, 5.74) is 1.96. The number of hydrogen-bond donors (Lipinski definition) is 1. The molecule has 0 aliphatic carbocycles. The number of nitrogens with one attached hydrogen (secondary N) is 1. The highest BCUT2D eigenvalue weighted by molar-refractivity contribution is 6.42. The van der Waals surface area contributed by atoms with Crippen molar-refractivity contribution in [3.63, 3.8) is 0 Å². The number of hydrogen-bond acceptors (Lipinski definition) is 4. The fourth-order valence-corrected chi connectivity index (χ4v) is 3.53. The Kier molecular flexibility index (Phi) is 10.4. The van der Waals surface area contributed by atoms with E-state index in [0.717, 1.165) is 37.3 Å². The highest BCUT2D eigenvalue weighted by Crippen LogP contribution is 2.37. The van der Waals surface area contributed by atoms with E-state index in [1.54, 1.807) is 12.1 Å². The summed E-state index contributed by atoms with van der Waals surface area (Å²) in [5, 5.41) is 5.00. The van der Waals surface area contributed by atoms with Crippen molar-refractivity contribution in [2.75, 3.05) is 32.8 Å². The van der Waals surface area contributed by atoms with Crippen molar-refractivity contribution in [3.05, 3.63) is 56.5 Å². The molecule has 0 unspecified atom stereocenters. The van der Waals surface area contributed by atoms with Crippen molar-refractivity contribution in [2.24, 2.45) is 0 Å². The predicted molar refractivity (Wildman–Crippen MR) is 123 cm³/mol. The van der Waals surface area contributed by atoms with Gasteiger partial charge in [-0.25, -0.2) is 0 Å². The van der Waals surface area contributed by atoms with E-state index in [1.165, 1.54) is 0 Å². The third kappa shape index (κ3) is 7.54. The first-order valence-corrected chi connectivity index (χ1v) is 11.1. The van der Waals surface area contributed by atoms with E-state index in [9.17, 15) is 0 Å². The first-order chi connectivity index (χ1) is 14.0. The van der Waals surface area contributed by atoms with Gasteiger partial charge in [-0.05, 0) is 55.4 Å². The monoisotopic (exact) mass is 458 g/mol. The van der Waals surface area contributed by atoms with Gasteiger partial charge in [0.05, 0.1) is 21.7 Å². The molecule has 0 radical (unpaired) electrons. The summed E-state index contributed by atoms with van der Waals surface area (Å²) in [5.74, 6) is 1.17. The molecule has 0 aliphatic heterocycles. The zero-order chi connectivity index (χ0) is 21.2. The largest absolute Gasteiger partial charge is 0.490 e. The maximum absolute atomic E-state index is 6.51. The van der Waals surface area contributed by atoms with Crippen LogP contribution in [-0.4, -0.2) is 37.7 Å². The van der Waals surface area contributed by atoms with Crippen LogP contribution in [0.5, 0.6) is 11.5 Å². The van der Waals surface area contributed by atoms with Crippen molar-refractivity contribution >= 4 is 34.8 Å². The van der Waals surface area contributed by atoms with Crippen LogP contribution in [0.25, 0.3) is 0 Å². The first kappa shape index (κ1) is 24.1. The second kappa shape index (κ2) is 12.5. The second-order valence-electron chi connectivity index (χ2n) is 6.58. The number of nitrogens with zero attached hydrogens (tertiary/aromatic N) is 1. The molecule has 160 valence electrons. The van der Waals surface area contributed by atoms with Gasteiger partial charge in [0.15, 0.2) is 11.5 Å². The molecule has 0 heterocycles. The third-order valence-electron chi connectivity index (χ3n) is 4.56. The minimum Gasteiger partial charge on any atom is -0.490 e. The summed E-state index contributed by atoms with van der Waals surface area (Å²) < 4.78 is 11.7. The molecular weight excluding hydrogens is 431 g/mol. The Morgan fingerprint density at radius 2 is 1.59 bits per heavy atom. The Hall–Kier alpha value is -1.17. The van der Waals surface area contributed by atoms with E-state index in [1.807, 2.05) is 25.1 Å². The fourth-order valence-electron chi connectivity index (χ4n) is 2.92. The summed E-state index contributed by atoms with van der Waals surface area (Å²) >= 11 is 18.6. The highest BCUT2D eigenvalue weighted by Gasteiger charge is 2.13. The van der Waals surface area contributed by atoms with Crippen LogP contribution in [0.3, 0.4) is 0 Å². The second-order valence-corrected chi connectivity index (χ2v) is 7.80. The van der Waals surface area contributed by atoms with E-state index < -0.39 is 0 Å². The van der Waals surface area contributed by atoms with Crippen molar-refractivity contribution in [1.29, 1.82) is 0 Å². The third-order valence-corrected chi connectivity index (χ3v) is 5.58. The highest BCUT2D eigenvalue weighted by atomic mass is 35.5. The molecule has 1 N–H and O–H groups in total. The van der Waals surface area contributed by atoms with Gasteiger partial charge < -0.3 is 19.7 Å². The van der Waals surface area contributed by atoms with Gasteiger partial charge in [0.2, 0.25) is 0 Å².